The van der Waals surface area contributed by atoms with E-state index >= 15 is 0 Å². The lowest BCUT2D eigenvalue weighted by molar-refractivity contribution is 0.805. The van der Waals surface area contributed by atoms with E-state index in [0.29, 0.717) is 0 Å². The highest BCUT2D eigenvalue weighted by molar-refractivity contribution is 5.56. The van der Waals surface area contributed by atoms with Gasteiger partial charge in [-0.3, -0.25) is 4.40 Å². The van der Waals surface area contributed by atoms with E-state index < -0.39 is 0 Å². The summed E-state index contributed by atoms with van der Waals surface area (Å²) in [6.45, 7) is 1.07. The van der Waals surface area contributed by atoms with Crippen molar-refractivity contribution >= 4 is 11.5 Å². The zero-order valence-electron chi connectivity index (χ0n) is 7.33. The van der Waals surface area contributed by atoms with Gasteiger partial charge in [0.1, 0.15) is 11.5 Å². The number of rotatable bonds is 0. The Bertz CT molecular complexity index is 444. The number of fused-ring (bicyclic) bond motifs is 3. The summed E-state index contributed by atoms with van der Waals surface area (Å²) >= 11 is 0. The van der Waals surface area contributed by atoms with Crippen molar-refractivity contribution in [2.75, 3.05) is 11.9 Å². The Morgan fingerprint density at radius 1 is 1.38 bits per heavy atom. The van der Waals surface area contributed by atoms with Crippen LogP contribution in [0, 0.1) is 0 Å². The van der Waals surface area contributed by atoms with E-state index in [0.717, 1.165) is 18.6 Å². The number of nitrogens with zero attached hydrogens (tertiary/aromatic N) is 2. The van der Waals surface area contributed by atoms with Crippen molar-refractivity contribution in [1.29, 1.82) is 0 Å². The molecule has 2 aromatic heterocycles. The molecule has 0 aliphatic carbocycles. The van der Waals surface area contributed by atoms with Crippen LogP contribution in [0.4, 0.5) is 5.82 Å². The maximum atomic E-state index is 4.55. The zero-order chi connectivity index (χ0) is 8.67. The maximum Gasteiger partial charge on any atom is 0.138 e. The SMILES string of the molecule is c1ccn2c3c(nc2c1)CCCN3. The lowest BCUT2D eigenvalue weighted by Crippen LogP contribution is -2.12. The zero-order valence-corrected chi connectivity index (χ0v) is 7.33. The highest BCUT2D eigenvalue weighted by atomic mass is 15.1. The van der Waals surface area contributed by atoms with Crippen LogP contribution in [0.15, 0.2) is 24.4 Å². The van der Waals surface area contributed by atoms with Crippen LogP contribution in [0.3, 0.4) is 0 Å². The Hall–Kier alpha value is -1.51. The summed E-state index contributed by atoms with van der Waals surface area (Å²) in [6.07, 6.45) is 4.35. The minimum Gasteiger partial charge on any atom is -0.370 e. The van der Waals surface area contributed by atoms with Crippen molar-refractivity contribution < 1.29 is 0 Å². The van der Waals surface area contributed by atoms with Gasteiger partial charge >= 0.3 is 0 Å². The van der Waals surface area contributed by atoms with Crippen LogP contribution in [-0.2, 0) is 6.42 Å². The summed E-state index contributed by atoms with van der Waals surface area (Å²) < 4.78 is 2.12. The van der Waals surface area contributed by atoms with E-state index in [2.05, 4.69) is 20.9 Å². The topological polar surface area (TPSA) is 29.3 Å². The number of aromatic nitrogens is 2. The maximum absolute atomic E-state index is 4.55. The van der Waals surface area contributed by atoms with E-state index in [9.17, 15) is 0 Å². The van der Waals surface area contributed by atoms with Gasteiger partial charge in [-0.1, -0.05) is 6.07 Å². The minimum absolute atomic E-state index is 1.04. The van der Waals surface area contributed by atoms with Crippen molar-refractivity contribution in [1.82, 2.24) is 9.38 Å². The largest absolute Gasteiger partial charge is 0.370 e. The molecule has 66 valence electrons. The molecule has 0 atom stereocenters. The lowest BCUT2D eigenvalue weighted by Gasteiger charge is -2.12. The van der Waals surface area contributed by atoms with Crippen LogP contribution in [0.1, 0.15) is 12.1 Å². The molecule has 0 radical (unpaired) electrons. The third-order valence-electron chi connectivity index (χ3n) is 2.48. The summed E-state index contributed by atoms with van der Waals surface area (Å²) in [5.41, 5.74) is 2.25. The van der Waals surface area contributed by atoms with E-state index in [-0.39, 0.29) is 0 Å². The summed E-state index contributed by atoms with van der Waals surface area (Å²) in [5.74, 6) is 1.18. The van der Waals surface area contributed by atoms with Crippen LogP contribution >= 0.6 is 0 Å². The first-order valence-corrected chi connectivity index (χ1v) is 4.65. The molecule has 3 heterocycles. The van der Waals surface area contributed by atoms with Crippen molar-refractivity contribution in [2.45, 2.75) is 12.8 Å². The summed E-state index contributed by atoms with van der Waals surface area (Å²) in [5, 5.41) is 3.39. The van der Waals surface area contributed by atoms with Gasteiger partial charge < -0.3 is 5.32 Å². The number of hydrogen-bond acceptors (Lipinski definition) is 2. The second-order valence-corrected chi connectivity index (χ2v) is 3.37. The molecule has 3 nitrogen and oxygen atoms in total. The third-order valence-corrected chi connectivity index (χ3v) is 2.48. The van der Waals surface area contributed by atoms with E-state index in [1.807, 2.05) is 18.2 Å². The number of pyridine rings is 1. The second kappa shape index (κ2) is 2.49. The highest BCUT2D eigenvalue weighted by Crippen LogP contribution is 2.22. The highest BCUT2D eigenvalue weighted by Gasteiger charge is 2.14. The number of imidazole rings is 1. The van der Waals surface area contributed by atoms with E-state index in [1.165, 1.54) is 17.9 Å². The first kappa shape index (κ1) is 6.95. The van der Waals surface area contributed by atoms with Gasteiger partial charge in [0.2, 0.25) is 0 Å². The smallest absolute Gasteiger partial charge is 0.138 e. The van der Waals surface area contributed by atoms with Crippen molar-refractivity contribution in [3.8, 4) is 0 Å². The quantitative estimate of drug-likeness (QED) is 0.657. The Balaban J connectivity index is 2.34. The molecule has 0 amide bonds. The predicted octanol–water partition coefficient (Wildman–Crippen LogP) is 1.69. The standard InChI is InChI=1S/C10H11N3/c1-2-7-13-9(5-1)12-8-4-3-6-11-10(8)13/h1-2,5,7,11H,3-4,6H2. The molecule has 3 heteroatoms. The molecule has 1 N–H and O–H groups in total. The van der Waals surface area contributed by atoms with Gasteiger partial charge in [-0.15, -0.1) is 0 Å². The molecule has 13 heavy (non-hydrogen) atoms. The van der Waals surface area contributed by atoms with Gasteiger partial charge in [-0.05, 0) is 25.0 Å². The van der Waals surface area contributed by atoms with Crippen LogP contribution in [0.2, 0.25) is 0 Å². The van der Waals surface area contributed by atoms with Crippen molar-refractivity contribution in [2.24, 2.45) is 0 Å². The summed E-state index contributed by atoms with van der Waals surface area (Å²) in [7, 11) is 0. The van der Waals surface area contributed by atoms with E-state index in [4.69, 9.17) is 0 Å². The van der Waals surface area contributed by atoms with Gasteiger partial charge in [-0.25, -0.2) is 4.98 Å². The fourth-order valence-corrected chi connectivity index (χ4v) is 1.87. The average molecular weight is 173 g/mol. The third kappa shape index (κ3) is 0.932. The Morgan fingerprint density at radius 2 is 2.38 bits per heavy atom. The van der Waals surface area contributed by atoms with Gasteiger partial charge in [0.05, 0.1) is 5.69 Å². The molecule has 0 bridgehead atoms. The fraction of sp³-hybridized carbons (Fsp3) is 0.300. The Morgan fingerprint density at radius 3 is 3.38 bits per heavy atom. The minimum atomic E-state index is 1.04. The lowest BCUT2D eigenvalue weighted by atomic mass is 10.2. The summed E-state index contributed by atoms with van der Waals surface area (Å²) in [6, 6.07) is 6.10. The molecular formula is C10H11N3. The van der Waals surface area contributed by atoms with Gasteiger partial charge in [0.15, 0.2) is 0 Å². The monoisotopic (exact) mass is 173 g/mol. The van der Waals surface area contributed by atoms with Crippen LogP contribution in [0.25, 0.3) is 5.65 Å². The number of anilines is 1. The van der Waals surface area contributed by atoms with Gasteiger partial charge in [0, 0.05) is 12.7 Å². The fourth-order valence-electron chi connectivity index (χ4n) is 1.87. The molecule has 0 saturated heterocycles. The molecule has 0 fully saturated rings. The van der Waals surface area contributed by atoms with Gasteiger partial charge in [0.25, 0.3) is 0 Å². The molecular weight excluding hydrogens is 162 g/mol. The number of nitrogens with one attached hydrogen (secondary N) is 1. The molecule has 0 aromatic carbocycles. The van der Waals surface area contributed by atoms with Crippen LogP contribution in [0.5, 0.6) is 0 Å². The van der Waals surface area contributed by atoms with E-state index in [1.54, 1.807) is 0 Å². The van der Waals surface area contributed by atoms with Crippen molar-refractivity contribution in [3.63, 3.8) is 0 Å². The van der Waals surface area contributed by atoms with Crippen molar-refractivity contribution in [3.05, 3.63) is 30.1 Å². The number of aryl methyl sites for hydroxylation is 1. The summed E-state index contributed by atoms with van der Waals surface area (Å²) in [4.78, 5) is 4.55. The molecule has 3 rings (SSSR count). The molecule has 0 unspecified atom stereocenters. The Labute approximate surface area is 76.4 Å². The molecule has 0 saturated carbocycles. The predicted molar refractivity (Wildman–Crippen MR) is 52.0 cm³/mol. The second-order valence-electron chi connectivity index (χ2n) is 3.37. The molecule has 1 aliphatic rings. The number of hydrogen-bond donors (Lipinski definition) is 1. The molecule has 1 aliphatic heterocycles. The molecule has 0 spiro atoms. The first-order chi connectivity index (χ1) is 6.45. The molecule has 2 aromatic rings. The van der Waals surface area contributed by atoms with Crippen LogP contribution < -0.4 is 5.32 Å². The Kier molecular flexibility index (Phi) is 1.33. The van der Waals surface area contributed by atoms with Crippen LogP contribution in [-0.4, -0.2) is 15.9 Å². The first-order valence-electron chi connectivity index (χ1n) is 4.65. The normalized spacial score (nSPS) is 15.4. The van der Waals surface area contributed by atoms with Gasteiger partial charge in [-0.2, -0.15) is 0 Å². The average Bonchev–Trinajstić information content (AvgIpc) is 2.56.